The number of hydrogen-bond acceptors (Lipinski definition) is 6. The summed E-state index contributed by atoms with van der Waals surface area (Å²) in [6.07, 6.45) is -8.41. The van der Waals surface area contributed by atoms with Gasteiger partial charge in [0.25, 0.3) is 0 Å². The second-order valence-corrected chi connectivity index (χ2v) is 6.68. The Bertz CT molecular complexity index is 637. The maximum Gasteiger partial charge on any atom is 0.433 e. The van der Waals surface area contributed by atoms with E-state index in [4.69, 9.17) is 9.47 Å². The van der Waals surface area contributed by atoms with E-state index in [1.165, 1.54) is 13.2 Å². The zero-order chi connectivity index (χ0) is 19.6. The van der Waals surface area contributed by atoms with E-state index in [-0.39, 0.29) is 18.2 Å². The Kier molecular flexibility index (Phi) is 6.13. The number of alkyl halides is 3. The number of ether oxygens (including phenoxy) is 2. The molecule has 1 heterocycles. The lowest BCUT2D eigenvalue weighted by atomic mass is 9.69. The van der Waals surface area contributed by atoms with Crippen LogP contribution in [-0.2, 0) is 15.7 Å². The Labute approximate surface area is 148 Å². The molecule has 0 amide bonds. The first-order chi connectivity index (χ1) is 12.1. The van der Waals surface area contributed by atoms with E-state index in [9.17, 15) is 28.2 Å². The van der Waals surface area contributed by atoms with Gasteiger partial charge in [-0.25, -0.2) is 4.98 Å². The van der Waals surface area contributed by atoms with Gasteiger partial charge in [0.15, 0.2) is 0 Å². The van der Waals surface area contributed by atoms with Crippen LogP contribution in [0.1, 0.15) is 26.0 Å². The topological polar surface area (TPSA) is 88.9 Å². The lowest BCUT2D eigenvalue weighted by Gasteiger charge is -2.43. The summed E-state index contributed by atoms with van der Waals surface area (Å²) >= 11 is 0. The third kappa shape index (κ3) is 4.27. The van der Waals surface area contributed by atoms with Gasteiger partial charge in [-0.05, 0) is 12.0 Å². The highest BCUT2D eigenvalue weighted by atomic mass is 19.4. The molecule has 0 saturated heterocycles. The zero-order valence-corrected chi connectivity index (χ0v) is 14.6. The highest BCUT2D eigenvalue weighted by Gasteiger charge is 2.49. The normalized spacial score (nSPS) is 29.5. The van der Waals surface area contributed by atoms with Crippen LogP contribution in [0.4, 0.5) is 13.2 Å². The predicted octanol–water partition coefficient (Wildman–Crippen LogP) is 2.03. The van der Waals surface area contributed by atoms with Crippen molar-refractivity contribution in [2.75, 3.05) is 7.11 Å². The molecule has 1 fully saturated rings. The van der Waals surface area contributed by atoms with Crippen molar-refractivity contribution < 1.29 is 37.7 Å². The van der Waals surface area contributed by atoms with E-state index in [1.54, 1.807) is 13.8 Å². The lowest BCUT2D eigenvalue weighted by Crippen LogP contribution is -2.55. The van der Waals surface area contributed by atoms with Gasteiger partial charge in [-0.3, -0.25) is 4.79 Å². The number of halogens is 3. The Morgan fingerprint density at radius 2 is 1.92 bits per heavy atom. The number of carbonyl (C=O) groups excluding carboxylic acids is 1. The quantitative estimate of drug-likeness (QED) is 0.781. The van der Waals surface area contributed by atoms with Crippen LogP contribution in [0.3, 0.4) is 0 Å². The van der Waals surface area contributed by atoms with Crippen molar-refractivity contribution in [1.29, 1.82) is 0 Å². The zero-order valence-electron chi connectivity index (χ0n) is 14.6. The smallest absolute Gasteiger partial charge is 0.433 e. The fourth-order valence-electron chi connectivity index (χ4n) is 3.41. The second-order valence-electron chi connectivity index (χ2n) is 6.68. The average Bonchev–Trinajstić information content (AvgIpc) is 2.57. The molecule has 26 heavy (non-hydrogen) atoms. The molecule has 2 N–H and O–H groups in total. The summed E-state index contributed by atoms with van der Waals surface area (Å²) in [5.74, 6) is -2.36. The molecule has 1 aliphatic rings. The summed E-state index contributed by atoms with van der Waals surface area (Å²) in [6, 6.07) is 3.15. The first kappa shape index (κ1) is 20.4. The first-order valence-corrected chi connectivity index (χ1v) is 8.21. The number of aliphatic hydroxyl groups is 2. The van der Waals surface area contributed by atoms with E-state index in [2.05, 4.69) is 4.98 Å². The molecule has 1 aromatic rings. The van der Waals surface area contributed by atoms with E-state index in [1.807, 2.05) is 0 Å². The summed E-state index contributed by atoms with van der Waals surface area (Å²) in [4.78, 5) is 15.5. The van der Waals surface area contributed by atoms with Crippen molar-refractivity contribution in [2.45, 2.75) is 44.8 Å². The summed E-state index contributed by atoms with van der Waals surface area (Å²) < 4.78 is 48.5. The fourth-order valence-corrected chi connectivity index (χ4v) is 3.41. The third-order valence-corrected chi connectivity index (χ3v) is 4.64. The SMILES string of the molecule is COC(=O)[C@H]1C[C@H](Oc2cccc(C(F)(F)F)n2)[C@@H](O)[C@@H](O)C1C(C)C. The standard InChI is InChI=1S/C17H22F3NO5/c1-8(2)13-9(16(24)25-3)7-10(14(22)15(13)23)26-12-6-4-5-11(21-12)17(18,19)20/h4-6,8-10,13-15,22-23H,7H2,1-3H3/t9-,10-,13?,14+,15-/m0/s1. The molecule has 6 nitrogen and oxygen atoms in total. The number of nitrogens with zero attached hydrogens (tertiary/aromatic N) is 1. The minimum absolute atomic E-state index is 0.00826. The highest BCUT2D eigenvalue weighted by molar-refractivity contribution is 5.73. The number of rotatable bonds is 4. The summed E-state index contributed by atoms with van der Waals surface area (Å²) in [5.41, 5.74) is -1.13. The van der Waals surface area contributed by atoms with Crippen molar-refractivity contribution in [3.63, 3.8) is 0 Å². The second kappa shape index (κ2) is 7.79. The van der Waals surface area contributed by atoms with Crippen LogP contribution in [0.25, 0.3) is 0 Å². The van der Waals surface area contributed by atoms with E-state index in [0.717, 1.165) is 12.1 Å². The van der Waals surface area contributed by atoms with Crippen LogP contribution in [0.15, 0.2) is 18.2 Å². The van der Waals surface area contributed by atoms with Gasteiger partial charge in [0.1, 0.15) is 17.9 Å². The molecular weight excluding hydrogens is 355 g/mol. The van der Waals surface area contributed by atoms with Crippen LogP contribution in [0.5, 0.6) is 5.88 Å². The van der Waals surface area contributed by atoms with E-state index < -0.39 is 48.0 Å². The molecule has 0 spiro atoms. The van der Waals surface area contributed by atoms with Gasteiger partial charge in [0.2, 0.25) is 5.88 Å². The molecule has 1 unspecified atom stereocenters. The number of aromatic nitrogens is 1. The van der Waals surface area contributed by atoms with Crippen molar-refractivity contribution in [3.8, 4) is 5.88 Å². The van der Waals surface area contributed by atoms with Crippen molar-refractivity contribution in [1.82, 2.24) is 4.98 Å². The number of pyridine rings is 1. The van der Waals surface area contributed by atoms with Crippen molar-refractivity contribution in [2.24, 2.45) is 17.8 Å². The lowest BCUT2D eigenvalue weighted by molar-refractivity contribution is -0.169. The minimum atomic E-state index is -4.64. The van der Waals surface area contributed by atoms with Crippen LogP contribution in [0, 0.1) is 17.8 Å². The van der Waals surface area contributed by atoms with Gasteiger partial charge >= 0.3 is 12.1 Å². The molecule has 5 atom stereocenters. The number of aliphatic hydroxyl groups excluding tert-OH is 2. The number of hydrogen-bond donors (Lipinski definition) is 2. The molecular formula is C17H22F3NO5. The first-order valence-electron chi connectivity index (χ1n) is 8.21. The summed E-state index contributed by atoms with van der Waals surface area (Å²) in [6.45, 7) is 3.60. The molecule has 1 saturated carbocycles. The molecule has 2 rings (SSSR count). The van der Waals surface area contributed by atoms with E-state index >= 15 is 0 Å². The van der Waals surface area contributed by atoms with Gasteiger partial charge in [0, 0.05) is 18.4 Å². The molecule has 1 aliphatic carbocycles. The third-order valence-electron chi connectivity index (χ3n) is 4.64. The van der Waals surface area contributed by atoms with E-state index in [0.29, 0.717) is 0 Å². The Morgan fingerprint density at radius 3 is 2.46 bits per heavy atom. The van der Waals surface area contributed by atoms with Crippen molar-refractivity contribution >= 4 is 5.97 Å². The minimum Gasteiger partial charge on any atom is -0.471 e. The van der Waals surface area contributed by atoms with Gasteiger partial charge in [0.05, 0.1) is 19.1 Å². The van der Waals surface area contributed by atoms with Gasteiger partial charge in [-0.2, -0.15) is 13.2 Å². The molecule has 0 aliphatic heterocycles. The van der Waals surface area contributed by atoms with Crippen molar-refractivity contribution in [3.05, 3.63) is 23.9 Å². The number of methoxy groups -OCH3 is 1. The van der Waals surface area contributed by atoms with Crippen LogP contribution >= 0.6 is 0 Å². The average molecular weight is 377 g/mol. The van der Waals surface area contributed by atoms with Gasteiger partial charge in [-0.1, -0.05) is 19.9 Å². The molecule has 0 bridgehead atoms. The van der Waals surface area contributed by atoms with Crippen LogP contribution < -0.4 is 4.74 Å². The van der Waals surface area contributed by atoms with Gasteiger partial charge < -0.3 is 19.7 Å². The Morgan fingerprint density at radius 1 is 1.27 bits per heavy atom. The molecule has 1 aromatic heterocycles. The molecule has 0 aromatic carbocycles. The molecule has 146 valence electrons. The number of esters is 1. The Balaban J connectivity index is 2.25. The van der Waals surface area contributed by atoms with Crippen LogP contribution in [0.2, 0.25) is 0 Å². The summed E-state index contributed by atoms with van der Waals surface area (Å²) in [5, 5.41) is 20.8. The maximum atomic E-state index is 12.8. The monoisotopic (exact) mass is 377 g/mol. The predicted molar refractivity (Wildman–Crippen MR) is 84.1 cm³/mol. The summed E-state index contributed by atoms with van der Waals surface area (Å²) in [7, 11) is 1.21. The maximum absolute atomic E-state index is 12.8. The molecule has 0 radical (unpaired) electrons. The number of carbonyl (C=O) groups is 1. The highest BCUT2D eigenvalue weighted by Crippen LogP contribution is 2.38. The molecule has 9 heteroatoms. The fraction of sp³-hybridized carbons (Fsp3) is 0.647. The van der Waals surface area contributed by atoms with Crippen LogP contribution in [-0.4, -0.2) is 46.6 Å². The van der Waals surface area contributed by atoms with Gasteiger partial charge in [-0.15, -0.1) is 0 Å². The largest absolute Gasteiger partial charge is 0.471 e. The Hall–Kier alpha value is -1.87.